The van der Waals surface area contributed by atoms with Crippen LogP contribution in [0.4, 0.5) is 0 Å². The molecule has 0 fully saturated rings. The lowest BCUT2D eigenvalue weighted by Crippen LogP contribution is -1.91. The molecule has 228 valence electrons. The first kappa shape index (κ1) is 28.5. The van der Waals surface area contributed by atoms with E-state index in [0.717, 1.165) is 39.9 Å². The summed E-state index contributed by atoms with van der Waals surface area (Å²) in [5.41, 5.74) is 18.1. The lowest BCUT2D eigenvalue weighted by molar-refractivity contribution is 1.09. The molecule has 0 aromatic heterocycles. The molecule has 0 aliphatic heterocycles. The standard InChI is InChI=1S/C48H36/c1-8-26(4)25-43-31(10-3)30(9-2)29(7)44(43)27(5)15-16-32-28(6)33-17-18-39-41-23-20-37-34-13-11-12-14-35(34)38-21-24-42(48(41)46(37)38)40-22-19-36(32)45(33)47(39)40/h9-25H,2-3,6-8H2,1,4-5H3/b26-25+,27-15+,32-16+. The fraction of sp³-hybridized carbons (Fsp3) is 0.0833. The van der Waals surface area contributed by atoms with E-state index in [1.807, 2.05) is 12.2 Å². The van der Waals surface area contributed by atoms with Crippen LogP contribution in [0.1, 0.15) is 38.3 Å². The minimum absolute atomic E-state index is 0.991. The number of benzene rings is 6. The van der Waals surface area contributed by atoms with Crippen molar-refractivity contribution in [3.05, 3.63) is 180 Å². The maximum atomic E-state index is 4.65. The van der Waals surface area contributed by atoms with Crippen molar-refractivity contribution < 1.29 is 0 Å². The Kier molecular flexibility index (Phi) is 6.02. The van der Waals surface area contributed by atoms with Gasteiger partial charge in [0.05, 0.1) is 0 Å². The van der Waals surface area contributed by atoms with Gasteiger partial charge < -0.3 is 0 Å². The molecule has 0 heterocycles. The van der Waals surface area contributed by atoms with Gasteiger partial charge in [0.1, 0.15) is 0 Å². The zero-order valence-electron chi connectivity index (χ0n) is 27.9. The molecule has 0 atom stereocenters. The summed E-state index contributed by atoms with van der Waals surface area (Å²) in [5, 5.41) is 10.7. The molecule has 0 heteroatoms. The van der Waals surface area contributed by atoms with E-state index in [2.05, 4.69) is 138 Å². The number of allylic oxidation sites excluding steroid dienone is 14. The summed E-state index contributed by atoms with van der Waals surface area (Å²) in [7, 11) is 0. The summed E-state index contributed by atoms with van der Waals surface area (Å²) >= 11 is 0. The predicted molar refractivity (Wildman–Crippen MR) is 210 cm³/mol. The first-order valence-electron chi connectivity index (χ1n) is 16.9. The Morgan fingerprint density at radius 2 is 1.08 bits per heavy atom. The van der Waals surface area contributed by atoms with Gasteiger partial charge in [-0.2, -0.15) is 0 Å². The lowest BCUT2D eigenvalue weighted by atomic mass is 9.86. The quantitative estimate of drug-likeness (QED) is 0.129. The van der Waals surface area contributed by atoms with E-state index in [4.69, 9.17) is 0 Å². The highest BCUT2D eigenvalue weighted by Crippen LogP contribution is 2.54. The Morgan fingerprint density at radius 3 is 1.62 bits per heavy atom. The monoisotopic (exact) mass is 612 g/mol. The Morgan fingerprint density at radius 1 is 0.562 bits per heavy atom. The predicted octanol–water partition coefficient (Wildman–Crippen LogP) is 13.6. The van der Waals surface area contributed by atoms with Crippen LogP contribution in [0.2, 0.25) is 0 Å². The highest BCUT2D eigenvalue weighted by Gasteiger charge is 2.29. The number of rotatable bonds is 6. The topological polar surface area (TPSA) is 0 Å². The average molecular weight is 613 g/mol. The molecule has 0 unspecified atom stereocenters. The number of fused-ring (bicyclic) bond motifs is 5. The molecule has 0 bridgehead atoms. The maximum Gasteiger partial charge on any atom is -0.00139 e. The van der Waals surface area contributed by atoms with Gasteiger partial charge in [0.2, 0.25) is 0 Å². The molecule has 3 aliphatic rings. The van der Waals surface area contributed by atoms with Crippen LogP contribution in [-0.2, 0) is 0 Å². The smallest absolute Gasteiger partial charge is 0.00139 e. The highest BCUT2D eigenvalue weighted by atomic mass is 14.3. The van der Waals surface area contributed by atoms with Gasteiger partial charge in [0.15, 0.2) is 0 Å². The van der Waals surface area contributed by atoms with Gasteiger partial charge in [0, 0.05) is 0 Å². The van der Waals surface area contributed by atoms with Crippen molar-refractivity contribution in [1.29, 1.82) is 0 Å². The SMILES string of the molecule is C=CC1=C(C=C)C(/C=C(\C)CC)=C(C(/C)=C/C=C2\C(=C)c3ccc4c5ccc6c7c(ccc(c8ccc2c3c48)c75)-c2ccccc2-6)C1=C. The van der Waals surface area contributed by atoms with Crippen LogP contribution in [0.15, 0.2) is 169 Å². The van der Waals surface area contributed by atoms with Gasteiger partial charge in [-0.25, -0.2) is 0 Å². The van der Waals surface area contributed by atoms with Crippen molar-refractivity contribution in [3.63, 3.8) is 0 Å². The van der Waals surface area contributed by atoms with Crippen LogP contribution in [0.25, 0.3) is 76.5 Å². The molecular weight excluding hydrogens is 577 g/mol. The largest absolute Gasteiger partial charge is 0.0984 e. The zero-order chi connectivity index (χ0) is 33.0. The molecule has 9 rings (SSSR count). The van der Waals surface area contributed by atoms with Crippen LogP contribution >= 0.6 is 0 Å². The summed E-state index contributed by atoms with van der Waals surface area (Å²) in [6.45, 7) is 23.9. The lowest BCUT2D eigenvalue weighted by Gasteiger charge is -2.16. The van der Waals surface area contributed by atoms with Crippen LogP contribution in [-0.4, -0.2) is 0 Å². The molecule has 0 saturated heterocycles. The molecule has 0 spiro atoms. The van der Waals surface area contributed by atoms with Gasteiger partial charge in [-0.05, 0) is 141 Å². The normalized spacial score (nSPS) is 16.7. The van der Waals surface area contributed by atoms with Crippen molar-refractivity contribution >= 4 is 54.2 Å². The molecule has 0 N–H and O–H groups in total. The summed E-state index contributed by atoms with van der Waals surface area (Å²) in [6.07, 6.45) is 11.6. The third kappa shape index (κ3) is 3.55. The van der Waals surface area contributed by atoms with Crippen molar-refractivity contribution in [2.24, 2.45) is 0 Å². The molecule has 3 aliphatic carbocycles. The maximum absolute atomic E-state index is 4.65. The van der Waals surface area contributed by atoms with Crippen LogP contribution in [0, 0.1) is 0 Å². The summed E-state index contributed by atoms with van der Waals surface area (Å²) in [4.78, 5) is 0. The van der Waals surface area contributed by atoms with Crippen molar-refractivity contribution in [2.75, 3.05) is 0 Å². The van der Waals surface area contributed by atoms with Crippen LogP contribution in [0.5, 0.6) is 0 Å². The van der Waals surface area contributed by atoms with Gasteiger partial charge in [-0.1, -0.05) is 142 Å². The molecule has 0 amide bonds. The van der Waals surface area contributed by atoms with Gasteiger partial charge in [0.25, 0.3) is 0 Å². The van der Waals surface area contributed by atoms with E-state index in [0.29, 0.717) is 0 Å². The summed E-state index contributed by atoms with van der Waals surface area (Å²) in [5.74, 6) is 0. The second-order valence-corrected chi connectivity index (χ2v) is 13.4. The van der Waals surface area contributed by atoms with E-state index < -0.39 is 0 Å². The van der Waals surface area contributed by atoms with Crippen molar-refractivity contribution in [2.45, 2.75) is 27.2 Å². The second kappa shape index (κ2) is 10.1. The molecule has 6 aromatic rings. The van der Waals surface area contributed by atoms with E-state index in [9.17, 15) is 0 Å². The second-order valence-electron chi connectivity index (χ2n) is 13.4. The van der Waals surface area contributed by atoms with Gasteiger partial charge in [-0.15, -0.1) is 0 Å². The Bertz CT molecular complexity index is 2630. The van der Waals surface area contributed by atoms with Crippen LogP contribution < -0.4 is 0 Å². The fourth-order valence-electron chi connectivity index (χ4n) is 8.70. The molecule has 6 aromatic carbocycles. The van der Waals surface area contributed by atoms with Crippen LogP contribution in [0.3, 0.4) is 0 Å². The molecule has 48 heavy (non-hydrogen) atoms. The minimum Gasteiger partial charge on any atom is -0.0984 e. The third-order valence-electron chi connectivity index (χ3n) is 11.1. The zero-order valence-corrected chi connectivity index (χ0v) is 27.9. The van der Waals surface area contributed by atoms with E-state index in [-0.39, 0.29) is 0 Å². The average Bonchev–Trinajstić information content (AvgIpc) is 3.69. The summed E-state index contributed by atoms with van der Waals surface area (Å²) < 4.78 is 0. The first-order chi connectivity index (χ1) is 23.4. The van der Waals surface area contributed by atoms with E-state index in [1.165, 1.54) is 93.2 Å². The van der Waals surface area contributed by atoms with Crippen molar-refractivity contribution in [3.8, 4) is 22.3 Å². The Hall–Kier alpha value is -5.72. The fourth-order valence-corrected chi connectivity index (χ4v) is 8.70. The van der Waals surface area contributed by atoms with Gasteiger partial charge in [-0.3, -0.25) is 0 Å². The molecule has 0 nitrogen and oxygen atoms in total. The minimum atomic E-state index is 0.991. The van der Waals surface area contributed by atoms with E-state index in [1.54, 1.807) is 0 Å². The number of hydrogen-bond donors (Lipinski definition) is 0. The Labute approximate surface area is 282 Å². The van der Waals surface area contributed by atoms with Gasteiger partial charge >= 0.3 is 0 Å². The Balaban J connectivity index is 1.24. The first-order valence-corrected chi connectivity index (χ1v) is 16.9. The molecular formula is C48H36. The summed E-state index contributed by atoms with van der Waals surface area (Å²) in [6, 6.07) is 27.5. The van der Waals surface area contributed by atoms with E-state index >= 15 is 0 Å². The highest BCUT2D eigenvalue weighted by molar-refractivity contribution is 6.40. The third-order valence-corrected chi connectivity index (χ3v) is 11.1. The van der Waals surface area contributed by atoms with Crippen molar-refractivity contribution in [1.82, 2.24) is 0 Å². The number of hydrogen-bond acceptors (Lipinski definition) is 0. The molecule has 0 radical (unpaired) electrons. The molecule has 0 saturated carbocycles.